The molecule has 2 N–H and O–H groups in total. The molecule has 1 aromatic heterocycles. The van der Waals surface area contributed by atoms with Gasteiger partial charge in [0.2, 0.25) is 5.91 Å². The van der Waals surface area contributed by atoms with Gasteiger partial charge in [0.05, 0.1) is 24.6 Å². The van der Waals surface area contributed by atoms with Gasteiger partial charge in [-0.15, -0.1) is 10.2 Å². The number of nitrogens with one attached hydrogen (secondary N) is 2. The molecule has 3 rings (SSSR count). The molecule has 2 aromatic carbocycles. The number of carbonyl (C=O) groups excluding carboxylic acids is 2. The number of amides is 2. The Kier molecular flexibility index (Phi) is 9.17. The van der Waals surface area contributed by atoms with Gasteiger partial charge in [0.15, 0.2) is 11.0 Å². The van der Waals surface area contributed by atoms with E-state index in [9.17, 15) is 9.59 Å². The molecular formula is C25H30ClN5O3S. The molecule has 1 heterocycles. The first-order valence-corrected chi connectivity index (χ1v) is 12.7. The molecule has 0 spiro atoms. The molecule has 0 saturated carbocycles. The molecule has 0 saturated heterocycles. The molecule has 2 amide bonds. The Bertz CT molecular complexity index is 1180. The number of rotatable bonds is 10. The van der Waals surface area contributed by atoms with Crippen LogP contribution in [0.3, 0.4) is 0 Å². The number of hydrogen-bond donors (Lipinski definition) is 2. The predicted molar refractivity (Wildman–Crippen MR) is 139 cm³/mol. The molecule has 3 aromatic rings. The van der Waals surface area contributed by atoms with Gasteiger partial charge in [-0.1, -0.05) is 54.9 Å². The van der Waals surface area contributed by atoms with Gasteiger partial charge in [0.1, 0.15) is 5.75 Å². The van der Waals surface area contributed by atoms with Gasteiger partial charge in [-0.25, -0.2) is 0 Å². The lowest BCUT2D eigenvalue weighted by Gasteiger charge is -2.22. The highest BCUT2D eigenvalue weighted by Crippen LogP contribution is 2.29. The maximum absolute atomic E-state index is 12.9. The van der Waals surface area contributed by atoms with Crippen molar-refractivity contribution in [3.05, 3.63) is 64.4 Å². The Morgan fingerprint density at radius 2 is 1.86 bits per heavy atom. The van der Waals surface area contributed by atoms with Crippen LogP contribution in [-0.2, 0) is 11.3 Å². The van der Waals surface area contributed by atoms with Gasteiger partial charge >= 0.3 is 0 Å². The fraction of sp³-hybridized carbons (Fsp3) is 0.360. The van der Waals surface area contributed by atoms with E-state index in [1.165, 1.54) is 18.9 Å². The van der Waals surface area contributed by atoms with E-state index in [0.717, 1.165) is 5.56 Å². The van der Waals surface area contributed by atoms with Crippen molar-refractivity contribution < 1.29 is 14.3 Å². The lowest BCUT2D eigenvalue weighted by atomic mass is 10.0. The van der Waals surface area contributed by atoms with Crippen LogP contribution in [0.4, 0.5) is 5.69 Å². The number of nitrogens with zero attached hydrogens (tertiary/aromatic N) is 3. The average molecular weight is 516 g/mol. The zero-order valence-electron chi connectivity index (χ0n) is 20.5. The molecule has 0 aliphatic rings. The molecule has 8 nitrogen and oxygen atoms in total. The zero-order valence-corrected chi connectivity index (χ0v) is 22.0. The molecule has 0 fully saturated rings. The van der Waals surface area contributed by atoms with Gasteiger partial charge in [-0.2, -0.15) is 0 Å². The lowest BCUT2D eigenvalue weighted by molar-refractivity contribution is -0.113. The summed E-state index contributed by atoms with van der Waals surface area (Å²) >= 11 is 7.32. The van der Waals surface area contributed by atoms with Gasteiger partial charge < -0.3 is 19.9 Å². The molecule has 0 unspecified atom stereocenters. The highest BCUT2D eigenvalue weighted by Gasteiger charge is 2.26. The van der Waals surface area contributed by atoms with Gasteiger partial charge in [-0.3, -0.25) is 9.59 Å². The van der Waals surface area contributed by atoms with E-state index in [-0.39, 0.29) is 29.5 Å². The first-order chi connectivity index (χ1) is 16.7. The van der Waals surface area contributed by atoms with Crippen molar-refractivity contribution >= 4 is 40.9 Å². The van der Waals surface area contributed by atoms with Crippen molar-refractivity contribution in [3.63, 3.8) is 0 Å². The van der Waals surface area contributed by atoms with E-state index in [4.69, 9.17) is 16.3 Å². The van der Waals surface area contributed by atoms with Crippen LogP contribution in [0.1, 0.15) is 48.6 Å². The average Bonchev–Trinajstić information content (AvgIpc) is 3.24. The number of halogens is 1. The van der Waals surface area contributed by atoms with Crippen molar-refractivity contribution in [1.29, 1.82) is 0 Å². The summed E-state index contributed by atoms with van der Waals surface area (Å²) in [7, 11) is 1.53. The van der Waals surface area contributed by atoms with E-state index in [2.05, 4.69) is 20.8 Å². The summed E-state index contributed by atoms with van der Waals surface area (Å²) < 4.78 is 7.21. The minimum atomic E-state index is -0.338. The van der Waals surface area contributed by atoms with Crippen LogP contribution in [0.5, 0.6) is 5.75 Å². The van der Waals surface area contributed by atoms with Crippen LogP contribution in [0.15, 0.2) is 47.6 Å². The van der Waals surface area contributed by atoms with Crippen molar-refractivity contribution in [3.8, 4) is 5.75 Å². The molecule has 186 valence electrons. The van der Waals surface area contributed by atoms with Crippen LogP contribution < -0.4 is 15.4 Å². The third kappa shape index (κ3) is 6.76. The smallest absolute Gasteiger partial charge is 0.251 e. The van der Waals surface area contributed by atoms with Gasteiger partial charge in [-0.05, 0) is 50.1 Å². The van der Waals surface area contributed by atoms with Crippen LogP contribution in [-0.4, -0.2) is 39.4 Å². The molecule has 35 heavy (non-hydrogen) atoms. The second-order valence-corrected chi connectivity index (χ2v) is 9.71. The van der Waals surface area contributed by atoms with Crippen molar-refractivity contribution in [2.75, 3.05) is 18.2 Å². The molecule has 0 bridgehead atoms. The number of benzene rings is 2. The van der Waals surface area contributed by atoms with E-state index >= 15 is 0 Å². The van der Waals surface area contributed by atoms with Crippen LogP contribution in [0.2, 0.25) is 5.02 Å². The number of methoxy groups -OCH3 is 1. The van der Waals surface area contributed by atoms with Crippen molar-refractivity contribution in [2.45, 2.75) is 45.4 Å². The molecular weight excluding hydrogens is 486 g/mol. The largest absolute Gasteiger partial charge is 0.495 e. The second-order valence-electron chi connectivity index (χ2n) is 8.33. The third-order valence-corrected chi connectivity index (χ3v) is 6.58. The van der Waals surface area contributed by atoms with Crippen molar-refractivity contribution in [1.82, 2.24) is 20.1 Å². The minimum Gasteiger partial charge on any atom is -0.495 e. The van der Waals surface area contributed by atoms with Crippen LogP contribution in [0, 0.1) is 12.8 Å². The highest BCUT2D eigenvalue weighted by atomic mass is 35.5. The van der Waals surface area contributed by atoms with Gasteiger partial charge in [0.25, 0.3) is 5.91 Å². The molecule has 1 atom stereocenters. The lowest BCUT2D eigenvalue weighted by Crippen LogP contribution is -2.33. The molecule has 0 radical (unpaired) electrons. The van der Waals surface area contributed by atoms with E-state index in [0.29, 0.717) is 39.5 Å². The summed E-state index contributed by atoms with van der Waals surface area (Å²) in [6.45, 7) is 8.60. The standard InChI is InChI=1S/C25H30ClN5O3S/c1-6-31-23(22(15(2)3)28-24(33)17-9-7-16(4)8-10-17)29-30-25(31)35-14-21(32)27-19-13-18(26)11-12-20(19)34-5/h7-13,15,22H,6,14H2,1-5H3,(H,27,32)(H,28,33)/t22-/m1/s1. The first kappa shape index (κ1) is 26.6. The van der Waals surface area contributed by atoms with E-state index in [1.807, 2.05) is 44.4 Å². The Balaban J connectivity index is 1.72. The number of carbonyl (C=O) groups is 2. The topological polar surface area (TPSA) is 98.1 Å². The predicted octanol–water partition coefficient (Wildman–Crippen LogP) is 5.13. The number of ether oxygens (including phenoxy) is 1. The number of aromatic nitrogens is 3. The summed E-state index contributed by atoms with van der Waals surface area (Å²) in [6.07, 6.45) is 0. The number of thioether (sulfide) groups is 1. The summed E-state index contributed by atoms with van der Waals surface area (Å²) in [6, 6.07) is 12.1. The number of anilines is 1. The Morgan fingerprint density at radius 1 is 1.14 bits per heavy atom. The fourth-order valence-electron chi connectivity index (χ4n) is 3.49. The maximum Gasteiger partial charge on any atom is 0.251 e. The maximum atomic E-state index is 12.9. The van der Waals surface area contributed by atoms with E-state index < -0.39 is 0 Å². The van der Waals surface area contributed by atoms with Gasteiger partial charge in [0, 0.05) is 17.1 Å². The molecule has 10 heteroatoms. The first-order valence-electron chi connectivity index (χ1n) is 11.3. The van der Waals surface area contributed by atoms with E-state index in [1.54, 1.807) is 30.3 Å². The highest BCUT2D eigenvalue weighted by molar-refractivity contribution is 7.99. The number of aryl methyl sites for hydroxylation is 1. The Morgan fingerprint density at radius 3 is 2.49 bits per heavy atom. The Labute approximate surface area is 214 Å². The zero-order chi connectivity index (χ0) is 25.5. The molecule has 0 aliphatic carbocycles. The van der Waals surface area contributed by atoms with Crippen LogP contribution in [0.25, 0.3) is 0 Å². The second kappa shape index (κ2) is 12.1. The summed E-state index contributed by atoms with van der Waals surface area (Å²) in [4.78, 5) is 25.5. The monoisotopic (exact) mass is 515 g/mol. The minimum absolute atomic E-state index is 0.0790. The molecule has 0 aliphatic heterocycles. The fourth-order valence-corrected chi connectivity index (χ4v) is 4.47. The summed E-state index contributed by atoms with van der Waals surface area (Å²) in [5.41, 5.74) is 2.18. The van der Waals surface area contributed by atoms with Crippen molar-refractivity contribution in [2.24, 2.45) is 5.92 Å². The number of hydrogen-bond acceptors (Lipinski definition) is 6. The third-order valence-electron chi connectivity index (χ3n) is 5.37. The Hall–Kier alpha value is -3.04. The normalized spacial score (nSPS) is 11.9. The summed E-state index contributed by atoms with van der Waals surface area (Å²) in [5, 5.41) is 15.7. The van der Waals surface area contributed by atoms with Crippen LogP contribution >= 0.6 is 23.4 Å². The summed E-state index contributed by atoms with van der Waals surface area (Å²) in [5.74, 6) is 0.985. The SMILES string of the molecule is CCn1c(SCC(=O)Nc2cc(Cl)ccc2OC)nnc1[C@H](NC(=O)c1ccc(C)cc1)C(C)C. The quantitative estimate of drug-likeness (QED) is 0.363.